The molecular formula is C9H9F6O3-. The fourth-order valence-electron chi connectivity index (χ4n) is 0.886. The van der Waals surface area contributed by atoms with Crippen molar-refractivity contribution in [1.82, 2.24) is 0 Å². The van der Waals surface area contributed by atoms with Crippen molar-refractivity contribution >= 4 is 5.97 Å². The summed E-state index contributed by atoms with van der Waals surface area (Å²) in [5.74, 6) is -2.90. The molecule has 0 fully saturated rings. The summed E-state index contributed by atoms with van der Waals surface area (Å²) >= 11 is 0. The highest BCUT2D eigenvalue weighted by Crippen LogP contribution is 2.41. The number of allylic oxidation sites excluding steroid dienone is 1. The fraction of sp³-hybridized carbons (Fsp3) is 0.667. The second-order valence-electron chi connectivity index (χ2n) is 3.24. The minimum Gasteiger partial charge on any atom is -0.828 e. The Labute approximate surface area is 98.0 Å². The van der Waals surface area contributed by atoms with Gasteiger partial charge in [0, 0.05) is 0 Å². The fourth-order valence-corrected chi connectivity index (χ4v) is 0.886. The first-order valence-corrected chi connectivity index (χ1v) is 4.60. The van der Waals surface area contributed by atoms with E-state index >= 15 is 0 Å². The number of alkyl halides is 6. The summed E-state index contributed by atoms with van der Waals surface area (Å²) in [6.45, 7) is 2.52. The standard InChI is InChI=1S/C9H9F6O3/c1-2-3-4-5-18-6(16)7(17,8(10,11)12)9(13,14)15/h2H,1,3-5H2/q-1. The van der Waals surface area contributed by atoms with E-state index < -0.39 is 30.5 Å². The van der Waals surface area contributed by atoms with E-state index in [4.69, 9.17) is 0 Å². The lowest BCUT2D eigenvalue weighted by Crippen LogP contribution is -2.71. The quantitative estimate of drug-likeness (QED) is 0.333. The third-order valence-corrected chi connectivity index (χ3v) is 1.87. The topological polar surface area (TPSA) is 49.4 Å². The van der Waals surface area contributed by atoms with Crippen LogP contribution in [0.15, 0.2) is 12.7 Å². The van der Waals surface area contributed by atoms with Crippen molar-refractivity contribution in [3.63, 3.8) is 0 Å². The Morgan fingerprint density at radius 1 is 1.17 bits per heavy atom. The number of unbranched alkanes of at least 4 members (excludes halogenated alkanes) is 1. The van der Waals surface area contributed by atoms with Gasteiger partial charge in [-0.15, -0.1) is 6.58 Å². The van der Waals surface area contributed by atoms with Crippen LogP contribution in [0.5, 0.6) is 0 Å². The number of hydrogen-bond donors (Lipinski definition) is 0. The molecule has 0 rings (SSSR count). The molecule has 0 amide bonds. The Hall–Kier alpha value is -1.25. The first kappa shape index (κ1) is 16.8. The number of esters is 1. The van der Waals surface area contributed by atoms with Gasteiger partial charge in [0.15, 0.2) is 5.60 Å². The molecule has 0 aromatic heterocycles. The van der Waals surface area contributed by atoms with Crippen molar-refractivity contribution in [2.45, 2.75) is 30.8 Å². The zero-order chi connectivity index (χ0) is 14.6. The number of hydrogen-bond acceptors (Lipinski definition) is 3. The van der Waals surface area contributed by atoms with Gasteiger partial charge in [0.05, 0.1) is 6.61 Å². The van der Waals surface area contributed by atoms with Crippen molar-refractivity contribution in [2.24, 2.45) is 0 Å². The summed E-state index contributed by atoms with van der Waals surface area (Å²) in [6, 6.07) is 0. The molecule has 18 heavy (non-hydrogen) atoms. The number of halogens is 6. The van der Waals surface area contributed by atoms with Crippen molar-refractivity contribution in [2.75, 3.05) is 6.61 Å². The third-order valence-electron chi connectivity index (χ3n) is 1.87. The summed E-state index contributed by atoms with van der Waals surface area (Å²) in [6.07, 6.45) is -11.1. The third kappa shape index (κ3) is 3.37. The lowest BCUT2D eigenvalue weighted by molar-refractivity contribution is -0.574. The second kappa shape index (κ2) is 5.59. The lowest BCUT2D eigenvalue weighted by Gasteiger charge is -2.40. The summed E-state index contributed by atoms with van der Waals surface area (Å²) in [5, 5.41) is 10.8. The molecule has 0 aliphatic carbocycles. The highest BCUT2D eigenvalue weighted by molar-refractivity contribution is 5.81. The van der Waals surface area contributed by atoms with Crippen molar-refractivity contribution in [3.05, 3.63) is 12.7 Å². The number of carbonyl (C=O) groups excluding carboxylic acids is 1. The zero-order valence-corrected chi connectivity index (χ0v) is 8.90. The van der Waals surface area contributed by atoms with Gasteiger partial charge in [-0.05, 0) is 12.8 Å². The molecule has 0 aliphatic heterocycles. The molecule has 0 atom stereocenters. The van der Waals surface area contributed by atoms with Gasteiger partial charge in [-0.25, -0.2) is 0 Å². The van der Waals surface area contributed by atoms with E-state index in [9.17, 15) is 36.2 Å². The summed E-state index contributed by atoms with van der Waals surface area (Å²) < 4.78 is 76.2. The second-order valence-corrected chi connectivity index (χ2v) is 3.24. The Kier molecular flexibility index (Phi) is 5.21. The maximum absolute atomic E-state index is 12.1. The molecule has 0 aliphatic rings. The molecule has 3 nitrogen and oxygen atoms in total. The molecule has 0 saturated carbocycles. The van der Waals surface area contributed by atoms with Crippen LogP contribution in [-0.2, 0) is 9.53 Å². The van der Waals surface area contributed by atoms with E-state index in [1.807, 2.05) is 0 Å². The van der Waals surface area contributed by atoms with Crippen LogP contribution in [0.3, 0.4) is 0 Å². The van der Waals surface area contributed by atoms with Crippen LogP contribution in [0, 0.1) is 0 Å². The van der Waals surface area contributed by atoms with Crippen LogP contribution < -0.4 is 5.11 Å². The molecule has 0 unspecified atom stereocenters. The summed E-state index contributed by atoms with van der Waals surface area (Å²) in [5.41, 5.74) is -5.76. The van der Waals surface area contributed by atoms with E-state index in [1.165, 1.54) is 6.08 Å². The number of carbonyl (C=O) groups is 1. The number of ether oxygens (including phenoxy) is 1. The van der Waals surface area contributed by atoms with E-state index in [0.29, 0.717) is 0 Å². The average molecular weight is 279 g/mol. The van der Waals surface area contributed by atoms with Gasteiger partial charge in [0.2, 0.25) is 0 Å². The normalized spacial score (nSPS) is 13.3. The van der Waals surface area contributed by atoms with Crippen LogP contribution in [0.4, 0.5) is 26.3 Å². The highest BCUT2D eigenvalue weighted by Gasteiger charge is 2.68. The Morgan fingerprint density at radius 3 is 1.94 bits per heavy atom. The van der Waals surface area contributed by atoms with Crippen molar-refractivity contribution < 1.29 is 41.0 Å². The number of rotatable bonds is 5. The summed E-state index contributed by atoms with van der Waals surface area (Å²) in [7, 11) is 0. The summed E-state index contributed by atoms with van der Waals surface area (Å²) in [4.78, 5) is 10.7. The lowest BCUT2D eigenvalue weighted by atomic mass is 10.0. The molecule has 0 radical (unpaired) electrons. The predicted molar refractivity (Wildman–Crippen MR) is 45.2 cm³/mol. The Bertz CT molecular complexity index is 292. The molecule has 0 aromatic rings. The smallest absolute Gasteiger partial charge is 0.399 e. The minimum atomic E-state index is -6.32. The molecule has 106 valence electrons. The van der Waals surface area contributed by atoms with Gasteiger partial charge in [-0.1, -0.05) is 6.08 Å². The van der Waals surface area contributed by atoms with Crippen molar-refractivity contribution in [1.29, 1.82) is 0 Å². The van der Waals surface area contributed by atoms with Gasteiger partial charge in [0.1, 0.15) is 0 Å². The average Bonchev–Trinajstić information content (AvgIpc) is 2.19. The molecule has 0 bridgehead atoms. The maximum Gasteiger partial charge on any atom is 0.399 e. The molecule has 0 aromatic carbocycles. The van der Waals surface area contributed by atoms with Crippen LogP contribution in [-0.4, -0.2) is 30.5 Å². The van der Waals surface area contributed by atoms with Crippen molar-refractivity contribution in [3.8, 4) is 0 Å². The van der Waals surface area contributed by atoms with Gasteiger partial charge in [0.25, 0.3) is 0 Å². The largest absolute Gasteiger partial charge is 0.828 e. The monoisotopic (exact) mass is 279 g/mol. The van der Waals surface area contributed by atoms with Crippen LogP contribution >= 0.6 is 0 Å². The van der Waals surface area contributed by atoms with E-state index in [1.54, 1.807) is 0 Å². The van der Waals surface area contributed by atoms with Crippen LogP contribution in [0.2, 0.25) is 0 Å². The predicted octanol–water partition coefficient (Wildman–Crippen LogP) is 1.72. The Morgan fingerprint density at radius 2 is 1.61 bits per heavy atom. The van der Waals surface area contributed by atoms with E-state index in [0.717, 1.165) is 0 Å². The van der Waals surface area contributed by atoms with Gasteiger partial charge >= 0.3 is 18.3 Å². The first-order valence-electron chi connectivity index (χ1n) is 4.60. The van der Waals surface area contributed by atoms with Crippen LogP contribution in [0.1, 0.15) is 12.8 Å². The SMILES string of the molecule is C=CCCCOC(=O)C([O-])(C(F)(F)F)C(F)(F)F. The molecule has 0 spiro atoms. The zero-order valence-electron chi connectivity index (χ0n) is 8.90. The van der Waals surface area contributed by atoms with Gasteiger partial charge < -0.3 is 9.84 Å². The molecule has 0 N–H and O–H groups in total. The Balaban J connectivity index is 4.91. The van der Waals surface area contributed by atoms with E-state index in [2.05, 4.69) is 11.3 Å². The van der Waals surface area contributed by atoms with E-state index in [-0.39, 0.29) is 12.8 Å². The van der Waals surface area contributed by atoms with Gasteiger partial charge in [-0.3, -0.25) is 4.79 Å². The van der Waals surface area contributed by atoms with Crippen LogP contribution in [0.25, 0.3) is 0 Å². The molecular weight excluding hydrogens is 270 g/mol. The minimum absolute atomic E-state index is 0.0268. The molecule has 9 heteroatoms. The molecule has 0 heterocycles. The maximum atomic E-state index is 12.1. The highest BCUT2D eigenvalue weighted by atomic mass is 19.4. The first-order chi connectivity index (χ1) is 7.98. The molecule has 0 saturated heterocycles. The van der Waals surface area contributed by atoms with Gasteiger partial charge in [-0.2, -0.15) is 26.3 Å².